The van der Waals surface area contributed by atoms with Gasteiger partial charge in [0.1, 0.15) is 19.3 Å². The molecule has 1 amide bonds. The van der Waals surface area contributed by atoms with E-state index in [4.69, 9.17) is 9.47 Å². The van der Waals surface area contributed by atoms with Crippen molar-refractivity contribution in [2.45, 2.75) is 32.1 Å². The molecule has 0 aromatic heterocycles. The molecule has 0 saturated carbocycles. The van der Waals surface area contributed by atoms with Crippen molar-refractivity contribution >= 4 is 12.1 Å². The van der Waals surface area contributed by atoms with Gasteiger partial charge in [0.25, 0.3) is 0 Å². The number of cyclic esters (lactones) is 1. The molecule has 1 heterocycles. The number of morpholine rings is 1. The Morgan fingerprint density at radius 2 is 1.76 bits per heavy atom. The van der Waals surface area contributed by atoms with Crippen LogP contribution < -0.4 is 0 Å². The van der Waals surface area contributed by atoms with E-state index in [9.17, 15) is 9.59 Å². The van der Waals surface area contributed by atoms with Crippen molar-refractivity contribution in [3.8, 4) is 0 Å². The van der Waals surface area contributed by atoms with E-state index >= 15 is 0 Å². The summed E-state index contributed by atoms with van der Waals surface area (Å²) >= 11 is 0. The number of carbonyl (C=O) groups excluding carboxylic acids is 2. The van der Waals surface area contributed by atoms with Crippen LogP contribution in [0.1, 0.15) is 30.5 Å². The van der Waals surface area contributed by atoms with Crippen LogP contribution >= 0.6 is 0 Å². The molecule has 1 fully saturated rings. The molecule has 2 aromatic rings. The summed E-state index contributed by atoms with van der Waals surface area (Å²) < 4.78 is 10.9. The first-order chi connectivity index (χ1) is 12.2. The third kappa shape index (κ3) is 3.99. The Kier molecular flexibility index (Phi) is 5.33. The molecular weight excluding hydrogens is 318 g/mol. The quantitative estimate of drug-likeness (QED) is 0.797. The lowest BCUT2D eigenvalue weighted by molar-refractivity contribution is -0.163. The molecule has 2 unspecified atom stereocenters. The van der Waals surface area contributed by atoms with E-state index in [1.54, 1.807) is 0 Å². The monoisotopic (exact) mass is 339 g/mol. The van der Waals surface area contributed by atoms with E-state index in [0.29, 0.717) is 6.42 Å². The van der Waals surface area contributed by atoms with Crippen LogP contribution in [0.5, 0.6) is 0 Å². The van der Waals surface area contributed by atoms with Crippen molar-refractivity contribution in [3.63, 3.8) is 0 Å². The van der Waals surface area contributed by atoms with Gasteiger partial charge in [-0.05, 0) is 17.5 Å². The Morgan fingerprint density at radius 3 is 2.40 bits per heavy atom. The number of esters is 1. The second kappa shape index (κ2) is 7.83. The Balaban J connectivity index is 1.79. The molecule has 0 radical (unpaired) electrons. The third-order valence-electron chi connectivity index (χ3n) is 4.25. The lowest BCUT2D eigenvalue weighted by Gasteiger charge is -2.39. The Hall–Kier alpha value is -2.82. The lowest BCUT2D eigenvalue weighted by atomic mass is 9.96. The molecule has 1 saturated heterocycles. The maximum absolute atomic E-state index is 12.7. The van der Waals surface area contributed by atoms with Gasteiger partial charge in [0.05, 0.1) is 6.04 Å². The average molecular weight is 339 g/mol. The highest BCUT2D eigenvalue weighted by Crippen LogP contribution is 2.32. The third-order valence-corrected chi connectivity index (χ3v) is 4.25. The van der Waals surface area contributed by atoms with Crippen molar-refractivity contribution < 1.29 is 19.1 Å². The number of ether oxygens (including phenoxy) is 2. The first kappa shape index (κ1) is 17.0. The molecule has 1 aliphatic heterocycles. The van der Waals surface area contributed by atoms with Crippen molar-refractivity contribution in [1.82, 2.24) is 4.90 Å². The zero-order valence-electron chi connectivity index (χ0n) is 14.1. The molecule has 5 heteroatoms. The van der Waals surface area contributed by atoms with Gasteiger partial charge >= 0.3 is 12.1 Å². The molecule has 130 valence electrons. The predicted molar refractivity (Wildman–Crippen MR) is 92.7 cm³/mol. The van der Waals surface area contributed by atoms with Crippen LogP contribution in [0.3, 0.4) is 0 Å². The maximum Gasteiger partial charge on any atom is 0.411 e. The predicted octanol–water partition coefficient (Wildman–Crippen LogP) is 3.70. The topological polar surface area (TPSA) is 55.8 Å². The minimum Gasteiger partial charge on any atom is -0.458 e. The summed E-state index contributed by atoms with van der Waals surface area (Å²) in [6, 6.07) is 18.7. The second-order valence-electron chi connectivity index (χ2n) is 5.96. The van der Waals surface area contributed by atoms with Gasteiger partial charge in [-0.15, -0.1) is 0 Å². The van der Waals surface area contributed by atoms with E-state index in [1.165, 1.54) is 4.90 Å². The summed E-state index contributed by atoms with van der Waals surface area (Å²) in [7, 11) is 0. The SMILES string of the molecule is CCC1OC(=O)CN(C(=O)OCc2ccccc2)C1c1ccccc1. The Morgan fingerprint density at radius 1 is 1.12 bits per heavy atom. The number of benzene rings is 2. The molecule has 2 atom stereocenters. The molecule has 0 bridgehead atoms. The molecular formula is C20H21NO4. The van der Waals surface area contributed by atoms with Crippen molar-refractivity contribution in [1.29, 1.82) is 0 Å². The Labute approximate surface area is 147 Å². The normalized spacial score (nSPS) is 20.0. The van der Waals surface area contributed by atoms with Gasteiger partial charge in [-0.3, -0.25) is 9.69 Å². The number of nitrogens with zero attached hydrogens (tertiary/aromatic N) is 1. The van der Waals surface area contributed by atoms with E-state index in [-0.39, 0.29) is 25.3 Å². The number of rotatable bonds is 4. The highest BCUT2D eigenvalue weighted by atomic mass is 16.6. The van der Waals surface area contributed by atoms with Crippen LogP contribution in [0.15, 0.2) is 60.7 Å². The van der Waals surface area contributed by atoms with Crippen LogP contribution in [-0.4, -0.2) is 29.6 Å². The minimum atomic E-state index is -0.507. The Bertz CT molecular complexity index is 717. The number of carbonyl (C=O) groups is 2. The molecule has 0 aliphatic carbocycles. The summed E-state index contributed by atoms with van der Waals surface area (Å²) in [5.74, 6) is -0.407. The van der Waals surface area contributed by atoms with Crippen molar-refractivity contribution in [2.24, 2.45) is 0 Å². The molecule has 0 N–H and O–H groups in total. The van der Waals surface area contributed by atoms with Gasteiger partial charge in [0.15, 0.2) is 0 Å². The van der Waals surface area contributed by atoms with Crippen LogP contribution in [0.25, 0.3) is 0 Å². The fraction of sp³-hybridized carbons (Fsp3) is 0.300. The van der Waals surface area contributed by atoms with Gasteiger partial charge in [-0.25, -0.2) is 4.79 Å². The number of hydrogen-bond acceptors (Lipinski definition) is 4. The van der Waals surface area contributed by atoms with E-state index in [0.717, 1.165) is 11.1 Å². The highest BCUT2D eigenvalue weighted by Gasteiger charge is 2.40. The average Bonchev–Trinajstić information content (AvgIpc) is 2.66. The molecule has 3 rings (SSSR count). The summed E-state index contributed by atoms with van der Waals surface area (Å²) in [6.07, 6.45) is -0.269. The summed E-state index contributed by atoms with van der Waals surface area (Å²) in [5.41, 5.74) is 1.83. The molecule has 25 heavy (non-hydrogen) atoms. The number of amides is 1. The van der Waals surface area contributed by atoms with Crippen LogP contribution in [-0.2, 0) is 20.9 Å². The zero-order valence-corrected chi connectivity index (χ0v) is 14.1. The van der Waals surface area contributed by atoms with Gasteiger partial charge in [-0.1, -0.05) is 67.6 Å². The van der Waals surface area contributed by atoms with Gasteiger partial charge in [0, 0.05) is 0 Å². The highest BCUT2D eigenvalue weighted by molar-refractivity contribution is 5.80. The van der Waals surface area contributed by atoms with Crippen molar-refractivity contribution in [3.05, 3.63) is 71.8 Å². The lowest BCUT2D eigenvalue weighted by Crippen LogP contribution is -2.50. The fourth-order valence-electron chi connectivity index (χ4n) is 3.04. The molecule has 0 spiro atoms. The van der Waals surface area contributed by atoms with Gasteiger partial charge in [-0.2, -0.15) is 0 Å². The first-order valence-electron chi connectivity index (χ1n) is 8.40. The summed E-state index contributed by atoms with van der Waals surface area (Å²) in [5, 5.41) is 0. The second-order valence-corrected chi connectivity index (χ2v) is 5.96. The van der Waals surface area contributed by atoms with Crippen molar-refractivity contribution in [2.75, 3.05) is 6.54 Å². The first-order valence-corrected chi connectivity index (χ1v) is 8.40. The van der Waals surface area contributed by atoms with E-state index in [1.807, 2.05) is 67.6 Å². The molecule has 2 aromatic carbocycles. The fourth-order valence-corrected chi connectivity index (χ4v) is 3.04. The summed E-state index contributed by atoms with van der Waals surface area (Å²) in [4.78, 5) is 26.1. The van der Waals surface area contributed by atoms with E-state index in [2.05, 4.69) is 0 Å². The summed E-state index contributed by atoms with van der Waals surface area (Å²) in [6.45, 7) is 2.00. The van der Waals surface area contributed by atoms with E-state index < -0.39 is 12.1 Å². The maximum atomic E-state index is 12.7. The van der Waals surface area contributed by atoms with Gasteiger partial charge in [0.2, 0.25) is 0 Å². The number of hydrogen-bond donors (Lipinski definition) is 0. The van der Waals surface area contributed by atoms with Crippen LogP contribution in [0, 0.1) is 0 Å². The minimum absolute atomic E-state index is 0.107. The smallest absolute Gasteiger partial charge is 0.411 e. The standard InChI is InChI=1S/C20H21NO4/c1-2-17-19(16-11-7-4-8-12-16)21(13-18(22)25-17)20(23)24-14-15-9-5-3-6-10-15/h3-12,17,19H,2,13-14H2,1H3. The molecule has 5 nitrogen and oxygen atoms in total. The zero-order chi connectivity index (χ0) is 17.6. The molecule has 1 aliphatic rings. The van der Waals surface area contributed by atoms with Crippen LogP contribution in [0.4, 0.5) is 4.79 Å². The van der Waals surface area contributed by atoms with Gasteiger partial charge < -0.3 is 9.47 Å². The largest absolute Gasteiger partial charge is 0.458 e. The van der Waals surface area contributed by atoms with Crippen LogP contribution in [0.2, 0.25) is 0 Å².